The Morgan fingerprint density at radius 1 is 1.08 bits per heavy atom. The number of carboxylic acid groups (broad SMARTS) is 1. The lowest BCUT2D eigenvalue weighted by molar-refractivity contribution is 0.0697. The number of hydrogen-bond donors (Lipinski definition) is 2. The van der Waals surface area contributed by atoms with Gasteiger partial charge in [0.1, 0.15) is 0 Å². The highest BCUT2D eigenvalue weighted by molar-refractivity contribution is 9.10. The number of benzene rings is 2. The molecule has 7 nitrogen and oxygen atoms in total. The van der Waals surface area contributed by atoms with Crippen LogP contribution in [0.25, 0.3) is 0 Å². The number of halogens is 1. The van der Waals surface area contributed by atoms with Crippen LogP contribution in [0.3, 0.4) is 0 Å². The lowest BCUT2D eigenvalue weighted by atomic mass is 10.1. The molecule has 0 saturated heterocycles. The third-order valence-corrected chi connectivity index (χ3v) is 5.40. The Morgan fingerprint density at radius 3 is 2.28 bits per heavy atom. The Labute approximate surface area is 152 Å². The van der Waals surface area contributed by atoms with Gasteiger partial charge in [0.05, 0.1) is 29.4 Å². The van der Waals surface area contributed by atoms with Gasteiger partial charge in [0.15, 0.2) is 11.5 Å². The van der Waals surface area contributed by atoms with Gasteiger partial charge in [-0.25, -0.2) is 13.2 Å². The molecule has 1 aliphatic heterocycles. The van der Waals surface area contributed by atoms with E-state index in [9.17, 15) is 18.3 Å². The molecule has 1 aliphatic rings. The average molecular weight is 428 g/mol. The van der Waals surface area contributed by atoms with Crippen LogP contribution in [0.2, 0.25) is 0 Å². The summed E-state index contributed by atoms with van der Waals surface area (Å²) < 4.78 is 39.1. The molecule has 0 radical (unpaired) electrons. The zero-order chi connectivity index (χ0) is 18.0. The van der Waals surface area contributed by atoms with Crippen molar-refractivity contribution in [2.75, 3.05) is 17.9 Å². The van der Waals surface area contributed by atoms with E-state index in [0.29, 0.717) is 25.4 Å². The molecule has 25 heavy (non-hydrogen) atoms. The van der Waals surface area contributed by atoms with Crippen LogP contribution in [0, 0.1) is 0 Å². The highest BCUT2D eigenvalue weighted by Crippen LogP contribution is 2.36. The molecule has 0 unspecified atom stereocenters. The lowest BCUT2D eigenvalue weighted by Crippen LogP contribution is -2.16. The van der Waals surface area contributed by atoms with Gasteiger partial charge in [-0.2, -0.15) is 0 Å². The Bertz CT molecular complexity index is 911. The Hall–Kier alpha value is -2.26. The first-order valence-electron chi connectivity index (χ1n) is 7.32. The van der Waals surface area contributed by atoms with Gasteiger partial charge in [0.25, 0.3) is 10.0 Å². The maximum Gasteiger partial charge on any atom is 0.337 e. The number of anilines is 1. The summed E-state index contributed by atoms with van der Waals surface area (Å²) in [6.45, 7) is 0.800. The van der Waals surface area contributed by atoms with Crippen LogP contribution < -0.4 is 14.2 Å². The summed E-state index contributed by atoms with van der Waals surface area (Å²) in [5, 5.41) is 9.40. The van der Waals surface area contributed by atoms with E-state index in [1.54, 1.807) is 12.1 Å². The van der Waals surface area contributed by atoms with E-state index >= 15 is 0 Å². The summed E-state index contributed by atoms with van der Waals surface area (Å²) in [5.41, 5.74) is -0.301. The molecule has 0 aromatic heterocycles. The van der Waals surface area contributed by atoms with E-state index in [0.717, 1.165) is 4.47 Å². The summed E-state index contributed by atoms with van der Waals surface area (Å²) >= 11 is 3.23. The van der Waals surface area contributed by atoms with E-state index in [2.05, 4.69) is 20.7 Å². The van der Waals surface area contributed by atoms with Crippen molar-refractivity contribution in [1.82, 2.24) is 0 Å². The fraction of sp³-hybridized carbons (Fsp3) is 0.188. The molecular weight excluding hydrogens is 414 g/mol. The molecule has 2 aromatic rings. The Morgan fingerprint density at radius 2 is 1.68 bits per heavy atom. The maximum atomic E-state index is 12.5. The maximum absolute atomic E-state index is 12.5. The highest BCUT2D eigenvalue weighted by atomic mass is 79.9. The molecular formula is C16H14BrNO6S. The van der Waals surface area contributed by atoms with Gasteiger partial charge in [-0.3, -0.25) is 4.72 Å². The zero-order valence-corrected chi connectivity index (χ0v) is 15.3. The highest BCUT2D eigenvalue weighted by Gasteiger charge is 2.23. The summed E-state index contributed by atoms with van der Waals surface area (Å²) in [7, 11) is -3.95. The van der Waals surface area contributed by atoms with Crippen LogP contribution in [0.1, 0.15) is 16.8 Å². The van der Waals surface area contributed by atoms with E-state index in [1.165, 1.54) is 24.3 Å². The summed E-state index contributed by atoms with van der Waals surface area (Å²) in [4.78, 5) is 11.5. The molecule has 2 aromatic carbocycles. The molecule has 9 heteroatoms. The van der Waals surface area contributed by atoms with Crippen LogP contribution >= 0.6 is 15.9 Å². The number of carboxylic acids is 1. The minimum atomic E-state index is -3.95. The number of fused-ring (bicyclic) bond motifs is 1. The van der Waals surface area contributed by atoms with Crippen LogP contribution in [-0.4, -0.2) is 32.7 Å². The third kappa shape index (κ3) is 3.88. The summed E-state index contributed by atoms with van der Waals surface area (Å²) in [5.74, 6) is -0.693. The monoisotopic (exact) mass is 427 g/mol. The van der Waals surface area contributed by atoms with Gasteiger partial charge in [0, 0.05) is 23.0 Å². The second kappa shape index (κ2) is 6.93. The molecule has 0 bridgehead atoms. The van der Waals surface area contributed by atoms with Crippen molar-refractivity contribution in [3.8, 4) is 11.5 Å². The van der Waals surface area contributed by atoms with Crippen molar-refractivity contribution in [3.05, 3.63) is 46.4 Å². The van der Waals surface area contributed by atoms with E-state index in [1.807, 2.05) is 0 Å². The first-order valence-corrected chi connectivity index (χ1v) is 9.60. The van der Waals surface area contributed by atoms with Crippen molar-refractivity contribution in [2.45, 2.75) is 11.3 Å². The second-order valence-corrected chi connectivity index (χ2v) is 7.86. The second-order valence-electron chi connectivity index (χ2n) is 5.26. The van der Waals surface area contributed by atoms with Crippen LogP contribution in [0.4, 0.5) is 5.69 Å². The van der Waals surface area contributed by atoms with Gasteiger partial charge in [-0.15, -0.1) is 0 Å². The molecule has 3 rings (SSSR count). The van der Waals surface area contributed by atoms with Gasteiger partial charge >= 0.3 is 5.97 Å². The number of nitrogens with one attached hydrogen (secondary N) is 1. The largest absolute Gasteiger partial charge is 0.490 e. The average Bonchev–Trinajstić information content (AvgIpc) is 2.78. The fourth-order valence-corrected chi connectivity index (χ4v) is 3.62. The van der Waals surface area contributed by atoms with Gasteiger partial charge in [-0.1, -0.05) is 15.9 Å². The van der Waals surface area contributed by atoms with E-state index in [-0.39, 0.29) is 21.9 Å². The molecule has 1 heterocycles. The van der Waals surface area contributed by atoms with Crippen LogP contribution in [0.5, 0.6) is 11.5 Å². The van der Waals surface area contributed by atoms with Gasteiger partial charge < -0.3 is 14.6 Å². The van der Waals surface area contributed by atoms with Crippen molar-refractivity contribution in [2.24, 2.45) is 0 Å². The lowest BCUT2D eigenvalue weighted by Gasteiger charge is -2.14. The smallest absolute Gasteiger partial charge is 0.337 e. The first-order chi connectivity index (χ1) is 11.9. The molecule has 0 amide bonds. The van der Waals surface area contributed by atoms with Gasteiger partial charge in [0.2, 0.25) is 0 Å². The number of sulfonamides is 1. The van der Waals surface area contributed by atoms with Gasteiger partial charge in [-0.05, 0) is 24.3 Å². The predicted octanol–water partition coefficient (Wildman–Crippen LogP) is 3.11. The molecule has 0 fully saturated rings. The minimum Gasteiger partial charge on any atom is -0.490 e. The standard InChI is InChI=1S/C16H14BrNO6S/c17-10-2-4-11(5-3-10)25(21,22)18-13-9-15-14(8-12(13)16(19)20)23-6-1-7-24-15/h2-5,8-9,18H,1,6-7H2,(H,19,20). The number of rotatable bonds is 4. The molecule has 2 N–H and O–H groups in total. The van der Waals surface area contributed by atoms with Crippen molar-refractivity contribution < 1.29 is 27.8 Å². The Kier molecular flexibility index (Phi) is 4.87. The van der Waals surface area contributed by atoms with Crippen molar-refractivity contribution in [1.29, 1.82) is 0 Å². The molecule has 0 saturated carbocycles. The van der Waals surface area contributed by atoms with Crippen LogP contribution in [-0.2, 0) is 10.0 Å². The quantitative estimate of drug-likeness (QED) is 0.776. The molecule has 0 aliphatic carbocycles. The Balaban J connectivity index is 2.02. The molecule has 132 valence electrons. The molecule has 0 spiro atoms. The number of carbonyl (C=O) groups is 1. The topological polar surface area (TPSA) is 102 Å². The van der Waals surface area contributed by atoms with Crippen LogP contribution in [0.15, 0.2) is 45.8 Å². The number of hydrogen-bond acceptors (Lipinski definition) is 5. The normalized spacial score (nSPS) is 13.8. The number of aromatic carboxylic acids is 1. The molecule has 0 atom stereocenters. The minimum absolute atomic E-state index is 0.0131. The summed E-state index contributed by atoms with van der Waals surface area (Å²) in [6, 6.07) is 8.59. The third-order valence-electron chi connectivity index (χ3n) is 3.49. The summed E-state index contributed by atoms with van der Waals surface area (Å²) in [6.07, 6.45) is 0.650. The number of ether oxygens (including phenoxy) is 2. The van der Waals surface area contributed by atoms with E-state index < -0.39 is 16.0 Å². The zero-order valence-electron chi connectivity index (χ0n) is 12.9. The van der Waals surface area contributed by atoms with Crippen molar-refractivity contribution in [3.63, 3.8) is 0 Å². The van der Waals surface area contributed by atoms with Crippen molar-refractivity contribution >= 4 is 37.6 Å². The SMILES string of the molecule is O=C(O)c1cc2c(cc1NS(=O)(=O)c1ccc(Br)cc1)OCCCO2. The first kappa shape index (κ1) is 17.6. The van der Waals surface area contributed by atoms with E-state index in [4.69, 9.17) is 9.47 Å². The predicted molar refractivity (Wildman–Crippen MR) is 94.0 cm³/mol. The fourth-order valence-electron chi connectivity index (χ4n) is 2.29.